The summed E-state index contributed by atoms with van der Waals surface area (Å²) < 4.78 is 0. The van der Waals surface area contributed by atoms with E-state index in [0.717, 1.165) is 12.3 Å². The molecule has 2 rings (SSSR count). The third-order valence-electron chi connectivity index (χ3n) is 2.85. The standard InChI is InChI=1S/C15H15ClN2O2S/c16-13-7-6-12(15(10-13)18(19)20)11-17-8-9-21-14-4-2-1-3-5-14/h1-7,10,17H,8-9,11H2. The molecule has 0 atom stereocenters. The molecule has 0 spiro atoms. The van der Waals surface area contributed by atoms with Crippen LogP contribution in [0.15, 0.2) is 53.4 Å². The van der Waals surface area contributed by atoms with Crippen molar-refractivity contribution in [1.82, 2.24) is 5.32 Å². The van der Waals surface area contributed by atoms with Crippen molar-refractivity contribution in [3.8, 4) is 0 Å². The summed E-state index contributed by atoms with van der Waals surface area (Å²) in [4.78, 5) is 11.8. The first-order chi connectivity index (χ1) is 10.2. The molecule has 2 aromatic carbocycles. The van der Waals surface area contributed by atoms with Crippen LogP contribution in [-0.4, -0.2) is 17.2 Å². The molecule has 1 N–H and O–H groups in total. The Labute approximate surface area is 132 Å². The lowest BCUT2D eigenvalue weighted by molar-refractivity contribution is -0.385. The SMILES string of the molecule is O=[N+]([O-])c1cc(Cl)ccc1CNCCSc1ccccc1. The first-order valence-corrected chi connectivity index (χ1v) is 7.84. The van der Waals surface area contributed by atoms with Crippen molar-refractivity contribution in [3.63, 3.8) is 0 Å². The zero-order valence-corrected chi connectivity index (χ0v) is 12.9. The molecule has 2 aromatic rings. The summed E-state index contributed by atoms with van der Waals surface area (Å²) in [6, 6.07) is 14.9. The van der Waals surface area contributed by atoms with Gasteiger partial charge in [0.2, 0.25) is 0 Å². The fraction of sp³-hybridized carbons (Fsp3) is 0.200. The number of nitrogens with one attached hydrogen (secondary N) is 1. The second kappa shape index (κ2) is 8.02. The van der Waals surface area contributed by atoms with E-state index in [1.165, 1.54) is 11.0 Å². The Morgan fingerprint density at radius 3 is 2.67 bits per heavy atom. The van der Waals surface area contributed by atoms with Crippen molar-refractivity contribution in [2.24, 2.45) is 0 Å². The van der Waals surface area contributed by atoms with Crippen LogP contribution in [0.5, 0.6) is 0 Å². The van der Waals surface area contributed by atoms with Crippen molar-refractivity contribution in [3.05, 3.63) is 69.2 Å². The Bertz CT molecular complexity index is 608. The van der Waals surface area contributed by atoms with E-state index in [1.54, 1.807) is 23.9 Å². The molecule has 6 heteroatoms. The fourth-order valence-electron chi connectivity index (χ4n) is 1.84. The van der Waals surface area contributed by atoms with Crippen LogP contribution in [0.4, 0.5) is 5.69 Å². The van der Waals surface area contributed by atoms with Crippen molar-refractivity contribution >= 4 is 29.1 Å². The molecule has 0 bridgehead atoms. The topological polar surface area (TPSA) is 55.2 Å². The van der Waals surface area contributed by atoms with Crippen molar-refractivity contribution in [2.45, 2.75) is 11.4 Å². The number of nitrogens with zero attached hydrogens (tertiary/aromatic N) is 1. The molecule has 0 heterocycles. The smallest absolute Gasteiger partial charge is 0.275 e. The maximum Gasteiger partial charge on any atom is 0.275 e. The quantitative estimate of drug-likeness (QED) is 0.360. The fourth-order valence-corrected chi connectivity index (χ4v) is 2.84. The Hall–Kier alpha value is -1.56. The summed E-state index contributed by atoms with van der Waals surface area (Å²) in [6.07, 6.45) is 0. The van der Waals surface area contributed by atoms with Crippen LogP contribution in [0.3, 0.4) is 0 Å². The van der Waals surface area contributed by atoms with Crippen LogP contribution in [0.1, 0.15) is 5.56 Å². The third-order valence-corrected chi connectivity index (χ3v) is 4.10. The predicted octanol–water partition coefficient (Wildman–Crippen LogP) is 4.13. The van der Waals surface area contributed by atoms with Crippen molar-refractivity contribution in [2.75, 3.05) is 12.3 Å². The minimum atomic E-state index is -0.401. The van der Waals surface area contributed by atoms with Crippen molar-refractivity contribution < 1.29 is 4.92 Å². The third kappa shape index (κ3) is 5.04. The molecule has 110 valence electrons. The van der Waals surface area contributed by atoms with E-state index in [9.17, 15) is 10.1 Å². The minimum Gasteiger partial charge on any atom is -0.312 e. The normalized spacial score (nSPS) is 10.5. The number of hydrogen-bond donors (Lipinski definition) is 1. The van der Waals surface area contributed by atoms with Gasteiger partial charge in [0.25, 0.3) is 5.69 Å². The summed E-state index contributed by atoms with van der Waals surface area (Å²) in [5.41, 5.74) is 0.708. The van der Waals surface area contributed by atoms with E-state index in [-0.39, 0.29) is 5.69 Å². The predicted molar refractivity (Wildman–Crippen MR) is 87.0 cm³/mol. The molecule has 21 heavy (non-hydrogen) atoms. The molecule has 0 aliphatic rings. The van der Waals surface area contributed by atoms with Gasteiger partial charge in [-0.15, -0.1) is 11.8 Å². The molecule has 0 saturated carbocycles. The second-order valence-corrected chi connectivity index (χ2v) is 5.97. The highest BCUT2D eigenvalue weighted by molar-refractivity contribution is 7.99. The summed E-state index contributed by atoms with van der Waals surface area (Å²) >= 11 is 7.54. The van der Waals surface area contributed by atoms with Gasteiger partial charge < -0.3 is 5.32 Å². The van der Waals surface area contributed by atoms with Gasteiger partial charge in [0.05, 0.1) is 4.92 Å². The highest BCUT2D eigenvalue weighted by atomic mass is 35.5. The molecule has 0 amide bonds. The second-order valence-electron chi connectivity index (χ2n) is 4.37. The van der Waals surface area contributed by atoms with Gasteiger partial charge in [0.1, 0.15) is 0 Å². The molecule has 0 fully saturated rings. The zero-order chi connectivity index (χ0) is 15.1. The van der Waals surface area contributed by atoms with Gasteiger partial charge in [-0.1, -0.05) is 29.8 Å². The lowest BCUT2D eigenvalue weighted by atomic mass is 10.2. The van der Waals surface area contributed by atoms with E-state index in [0.29, 0.717) is 17.1 Å². The van der Waals surface area contributed by atoms with Crippen LogP contribution >= 0.6 is 23.4 Å². The Kier molecular flexibility index (Phi) is 6.04. The average molecular weight is 323 g/mol. The molecule has 0 aliphatic carbocycles. The van der Waals surface area contributed by atoms with Crippen LogP contribution in [0.2, 0.25) is 5.02 Å². The number of nitro benzene ring substituents is 1. The van der Waals surface area contributed by atoms with E-state index >= 15 is 0 Å². The highest BCUT2D eigenvalue weighted by Gasteiger charge is 2.13. The van der Waals surface area contributed by atoms with Crippen molar-refractivity contribution in [1.29, 1.82) is 0 Å². The summed E-state index contributed by atoms with van der Waals surface area (Å²) in [5, 5.41) is 14.6. The van der Waals surface area contributed by atoms with E-state index in [1.807, 2.05) is 18.2 Å². The van der Waals surface area contributed by atoms with Gasteiger partial charge in [0, 0.05) is 40.4 Å². The molecule has 0 radical (unpaired) electrons. The van der Waals surface area contributed by atoms with Gasteiger partial charge in [-0.3, -0.25) is 10.1 Å². The number of thioether (sulfide) groups is 1. The first-order valence-electron chi connectivity index (χ1n) is 6.48. The maximum atomic E-state index is 11.0. The van der Waals surface area contributed by atoms with E-state index in [2.05, 4.69) is 17.4 Å². The monoisotopic (exact) mass is 322 g/mol. The molecular formula is C15H15ClN2O2S. The number of rotatable bonds is 7. The Balaban J connectivity index is 1.80. The summed E-state index contributed by atoms with van der Waals surface area (Å²) in [6.45, 7) is 1.24. The molecule has 0 saturated heterocycles. The molecule has 0 aliphatic heterocycles. The average Bonchev–Trinajstić information content (AvgIpc) is 2.49. The molecule has 0 aromatic heterocycles. The number of nitro groups is 1. The number of benzene rings is 2. The number of halogens is 1. The highest BCUT2D eigenvalue weighted by Crippen LogP contribution is 2.23. The van der Waals surface area contributed by atoms with E-state index in [4.69, 9.17) is 11.6 Å². The van der Waals surface area contributed by atoms with Crippen LogP contribution in [-0.2, 0) is 6.54 Å². The van der Waals surface area contributed by atoms with Crippen LogP contribution in [0, 0.1) is 10.1 Å². The van der Waals surface area contributed by atoms with Gasteiger partial charge in [-0.25, -0.2) is 0 Å². The zero-order valence-electron chi connectivity index (χ0n) is 11.3. The van der Waals surface area contributed by atoms with Crippen LogP contribution < -0.4 is 5.32 Å². The maximum absolute atomic E-state index is 11.0. The lowest BCUT2D eigenvalue weighted by Gasteiger charge is -2.06. The van der Waals surface area contributed by atoms with Gasteiger partial charge >= 0.3 is 0 Å². The molecule has 4 nitrogen and oxygen atoms in total. The van der Waals surface area contributed by atoms with Gasteiger partial charge in [-0.2, -0.15) is 0 Å². The van der Waals surface area contributed by atoms with Crippen LogP contribution in [0.25, 0.3) is 0 Å². The molecule has 0 unspecified atom stereocenters. The number of hydrogen-bond acceptors (Lipinski definition) is 4. The Morgan fingerprint density at radius 2 is 1.95 bits per heavy atom. The lowest BCUT2D eigenvalue weighted by Crippen LogP contribution is -2.17. The molecular weight excluding hydrogens is 308 g/mol. The largest absolute Gasteiger partial charge is 0.312 e. The van der Waals surface area contributed by atoms with E-state index < -0.39 is 4.92 Å². The van der Waals surface area contributed by atoms with Gasteiger partial charge in [0.15, 0.2) is 0 Å². The summed E-state index contributed by atoms with van der Waals surface area (Å²) in [7, 11) is 0. The minimum absolute atomic E-state index is 0.0608. The summed E-state index contributed by atoms with van der Waals surface area (Å²) in [5.74, 6) is 0.908. The Morgan fingerprint density at radius 1 is 1.19 bits per heavy atom. The first kappa shape index (κ1) is 15.8. The van der Waals surface area contributed by atoms with Gasteiger partial charge in [-0.05, 0) is 24.3 Å².